The zero-order chi connectivity index (χ0) is 24.5. The van der Waals surface area contributed by atoms with E-state index in [-0.39, 0.29) is 12.5 Å². The molecule has 0 aliphatic heterocycles. The van der Waals surface area contributed by atoms with E-state index in [9.17, 15) is 4.79 Å². The molecule has 0 radical (unpaired) electrons. The summed E-state index contributed by atoms with van der Waals surface area (Å²) in [6.07, 6.45) is 0. The highest BCUT2D eigenvalue weighted by atomic mass is 16.5. The number of rotatable bonds is 11. The van der Waals surface area contributed by atoms with Gasteiger partial charge in [0.15, 0.2) is 18.1 Å². The minimum absolute atomic E-state index is 0.168. The Balaban J connectivity index is 1.91. The molecule has 1 amide bonds. The van der Waals surface area contributed by atoms with Gasteiger partial charge in [0, 0.05) is 12.1 Å². The molecule has 0 saturated carbocycles. The van der Waals surface area contributed by atoms with E-state index in [2.05, 4.69) is 0 Å². The molecule has 0 saturated heterocycles. The molecule has 0 heterocycles. The second-order valence-electron chi connectivity index (χ2n) is 7.18. The fraction of sp³-hybridized carbons (Fsp3) is 0.269. The summed E-state index contributed by atoms with van der Waals surface area (Å²) in [4.78, 5) is 15.0. The maximum Gasteiger partial charge on any atom is 0.265 e. The Morgan fingerprint density at radius 1 is 0.676 bits per heavy atom. The van der Waals surface area contributed by atoms with Gasteiger partial charge >= 0.3 is 0 Å². The van der Waals surface area contributed by atoms with Gasteiger partial charge in [-0.15, -0.1) is 0 Å². The summed E-state index contributed by atoms with van der Waals surface area (Å²) in [5.41, 5.74) is 1.49. The number of ether oxygens (including phenoxy) is 6. The van der Waals surface area contributed by atoms with Crippen LogP contribution in [0.4, 0.5) is 5.69 Å². The van der Waals surface area contributed by atoms with E-state index >= 15 is 0 Å². The molecule has 180 valence electrons. The van der Waals surface area contributed by atoms with Crippen molar-refractivity contribution >= 4 is 11.6 Å². The highest BCUT2D eigenvalue weighted by Gasteiger charge is 2.22. The first-order chi connectivity index (χ1) is 16.5. The average Bonchev–Trinajstić information content (AvgIpc) is 2.90. The van der Waals surface area contributed by atoms with Gasteiger partial charge in [0.05, 0.1) is 47.8 Å². The number of anilines is 1. The lowest BCUT2D eigenvalue weighted by atomic mass is 10.1. The topological polar surface area (TPSA) is 75.7 Å². The van der Waals surface area contributed by atoms with Crippen LogP contribution in [0.2, 0.25) is 0 Å². The van der Waals surface area contributed by atoms with Crippen molar-refractivity contribution in [2.24, 2.45) is 0 Å². The standard InChI is InChI=1S/C26H29NO7/c1-29-20-8-6-18(7-9-20)16-27(19-14-23(31-3)26(33-5)24(15-19)32-4)25(28)17-34-22-12-10-21(30-2)11-13-22/h6-15H,16-17H2,1-5H3. The molecule has 3 rings (SSSR count). The Kier molecular flexibility index (Phi) is 8.45. The molecule has 3 aromatic rings. The second kappa shape index (κ2) is 11.7. The van der Waals surface area contributed by atoms with Crippen molar-refractivity contribution in [3.63, 3.8) is 0 Å². The van der Waals surface area contributed by atoms with Crippen LogP contribution in [0.3, 0.4) is 0 Å². The quantitative estimate of drug-likeness (QED) is 0.415. The van der Waals surface area contributed by atoms with Crippen molar-refractivity contribution in [1.29, 1.82) is 0 Å². The first kappa shape index (κ1) is 24.6. The van der Waals surface area contributed by atoms with E-state index in [1.165, 1.54) is 21.3 Å². The lowest BCUT2D eigenvalue weighted by Gasteiger charge is -2.25. The number of amides is 1. The van der Waals surface area contributed by atoms with Gasteiger partial charge in [0.2, 0.25) is 5.75 Å². The van der Waals surface area contributed by atoms with Crippen LogP contribution < -0.4 is 33.3 Å². The number of carbonyl (C=O) groups excluding carboxylic acids is 1. The summed E-state index contributed by atoms with van der Waals surface area (Å²) in [5.74, 6) is 3.08. The van der Waals surface area contributed by atoms with E-state index in [0.717, 1.165) is 11.3 Å². The summed E-state index contributed by atoms with van der Waals surface area (Å²) < 4.78 is 32.5. The fourth-order valence-electron chi connectivity index (χ4n) is 3.35. The van der Waals surface area contributed by atoms with Crippen LogP contribution in [0.1, 0.15) is 5.56 Å². The van der Waals surface area contributed by atoms with Crippen molar-refractivity contribution in [1.82, 2.24) is 0 Å². The number of benzene rings is 3. The normalized spacial score (nSPS) is 10.3. The Morgan fingerprint density at radius 3 is 1.65 bits per heavy atom. The second-order valence-corrected chi connectivity index (χ2v) is 7.18. The van der Waals surface area contributed by atoms with Crippen LogP contribution >= 0.6 is 0 Å². The molecule has 8 heteroatoms. The van der Waals surface area contributed by atoms with E-state index in [4.69, 9.17) is 28.4 Å². The van der Waals surface area contributed by atoms with E-state index in [0.29, 0.717) is 41.0 Å². The summed E-state index contributed by atoms with van der Waals surface area (Å²) >= 11 is 0. The van der Waals surface area contributed by atoms with Gasteiger partial charge in [0.1, 0.15) is 17.2 Å². The van der Waals surface area contributed by atoms with Crippen LogP contribution in [0.15, 0.2) is 60.7 Å². The zero-order valence-corrected chi connectivity index (χ0v) is 20.0. The zero-order valence-electron chi connectivity index (χ0n) is 20.0. The maximum absolute atomic E-state index is 13.4. The average molecular weight is 468 g/mol. The molecule has 0 bridgehead atoms. The van der Waals surface area contributed by atoms with Crippen molar-refractivity contribution in [2.75, 3.05) is 47.1 Å². The SMILES string of the molecule is COc1ccc(CN(C(=O)COc2ccc(OC)cc2)c2cc(OC)c(OC)c(OC)c2)cc1. The number of nitrogens with zero attached hydrogens (tertiary/aromatic N) is 1. The molecular weight excluding hydrogens is 438 g/mol. The first-order valence-electron chi connectivity index (χ1n) is 10.5. The molecule has 34 heavy (non-hydrogen) atoms. The van der Waals surface area contributed by atoms with Crippen molar-refractivity contribution in [3.8, 4) is 34.5 Å². The Morgan fingerprint density at radius 2 is 1.18 bits per heavy atom. The Bertz CT molecular complexity index is 1060. The summed E-state index contributed by atoms with van der Waals surface area (Å²) in [6.45, 7) is 0.132. The number of methoxy groups -OCH3 is 5. The highest BCUT2D eigenvalue weighted by Crippen LogP contribution is 2.41. The predicted octanol–water partition coefficient (Wildman–Crippen LogP) is 4.34. The number of hydrogen-bond donors (Lipinski definition) is 0. The van der Waals surface area contributed by atoms with E-state index in [1.807, 2.05) is 24.3 Å². The minimum Gasteiger partial charge on any atom is -0.497 e. The molecule has 0 spiro atoms. The van der Waals surface area contributed by atoms with Gasteiger partial charge in [-0.05, 0) is 42.0 Å². The molecule has 0 atom stereocenters. The summed E-state index contributed by atoms with van der Waals surface area (Å²) in [7, 11) is 7.79. The smallest absolute Gasteiger partial charge is 0.265 e. The largest absolute Gasteiger partial charge is 0.497 e. The molecule has 0 aliphatic carbocycles. The summed E-state index contributed by atoms with van der Waals surface area (Å²) in [6, 6.07) is 18.0. The third kappa shape index (κ3) is 5.83. The van der Waals surface area contributed by atoms with Crippen molar-refractivity contribution in [2.45, 2.75) is 6.54 Å². The lowest BCUT2D eigenvalue weighted by molar-refractivity contribution is -0.120. The number of hydrogen-bond acceptors (Lipinski definition) is 7. The maximum atomic E-state index is 13.4. The van der Waals surface area contributed by atoms with Gasteiger partial charge < -0.3 is 33.3 Å². The molecule has 8 nitrogen and oxygen atoms in total. The monoisotopic (exact) mass is 467 g/mol. The minimum atomic E-state index is -0.249. The van der Waals surface area contributed by atoms with Crippen LogP contribution in [0, 0.1) is 0 Å². The molecule has 0 aromatic heterocycles. The molecular formula is C26H29NO7. The van der Waals surface area contributed by atoms with Crippen LogP contribution in [0.5, 0.6) is 34.5 Å². The van der Waals surface area contributed by atoms with Gasteiger partial charge in [-0.1, -0.05) is 12.1 Å². The van der Waals surface area contributed by atoms with E-state index < -0.39 is 0 Å². The Labute approximate surface area is 199 Å². The first-order valence-corrected chi connectivity index (χ1v) is 10.5. The van der Waals surface area contributed by atoms with Crippen LogP contribution in [0.25, 0.3) is 0 Å². The molecule has 0 fully saturated rings. The molecule has 0 N–H and O–H groups in total. The van der Waals surface area contributed by atoms with Gasteiger partial charge in [-0.2, -0.15) is 0 Å². The summed E-state index contributed by atoms with van der Waals surface area (Å²) in [5, 5.41) is 0. The fourth-order valence-corrected chi connectivity index (χ4v) is 3.35. The third-order valence-electron chi connectivity index (χ3n) is 5.18. The highest BCUT2D eigenvalue weighted by molar-refractivity contribution is 5.95. The van der Waals surface area contributed by atoms with Gasteiger partial charge in [0.25, 0.3) is 5.91 Å². The van der Waals surface area contributed by atoms with E-state index in [1.54, 1.807) is 55.5 Å². The Hall–Kier alpha value is -4.07. The molecule has 0 aliphatic rings. The third-order valence-corrected chi connectivity index (χ3v) is 5.18. The van der Waals surface area contributed by atoms with Crippen LogP contribution in [-0.2, 0) is 11.3 Å². The number of carbonyl (C=O) groups is 1. The molecule has 3 aromatic carbocycles. The van der Waals surface area contributed by atoms with Gasteiger partial charge in [-0.25, -0.2) is 0 Å². The van der Waals surface area contributed by atoms with Crippen molar-refractivity contribution < 1.29 is 33.2 Å². The molecule has 0 unspecified atom stereocenters. The van der Waals surface area contributed by atoms with Crippen molar-refractivity contribution in [3.05, 3.63) is 66.2 Å². The lowest BCUT2D eigenvalue weighted by Crippen LogP contribution is -2.34. The van der Waals surface area contributed by atoms with Crippen LogP contribution in [-0.4, -0.2) is 48.1 Å². The van der Waals surface area contributed by atoms with Gasteiger partial charge in [-0.3, -0.25) is 4.79 Å². The predicted molar refractivity (Wildman–Crippen MR) is 129 cm³/mol.